The molecule has 0 saturated carbocycles. The zero-order valence-electron chi connectivity index (χ0n) is 26.0. The lowest BCUT2D eigenvalue weighted by molar-refractivity contribution is -0.148. The van der Waals surface area contributed by atoms with Crippen molar-refractivity contribution >= 4 is 27.8 Å². The third-order valence-electron chi connectivity index (χ3n) is 8.91. The Kier molecular flexibility index (Phi) is 8.22. The Morgan fingerprint density at radius 3 is 2.68 bits per heavy atom. The quantitative estimate of drug-likeness (QED) is 0.252. The Hall–Kier alpha value is -4.69. The number of benzene rings is 2. The van der Waals surface area contributed by atoms with Crippen molar-refractivity contribution in [3.8, 4) is 22.9 Å². The minimum absolute atomic E-state index is 0.0956. The molecular formula is C33H34F3N7O4. The monoisotopic (exact) mass is 649 g/mol. The maximum absolute atomic E-state index is 14.2. The summed E-state index contributed by atoms with van der Waals surface area (Å²) in [7, 11) is 2.98. The summed E-state index contributed by atoms with van der Waals surface area (Å²) in [5, 5.41) is 0.921. The van der Waals surface area contributed by atoms with Gasteiger partial charge in [-0.15, -0.1) is 0 Å². The first-order valence-corrected chi connectivity index (χ1v) is 15.4. The van der Waals surface area contributed by atoms with Crippen molar-refractivity contribution in [1.29, 1.82) is 0 Å². The molecule has 0 bridgehead atoms. The minimum Gasteiger partial charge on any atom is -0.497 e. The van der Waals surface area contributed by atoms with Gasteiger partial charge in [0.1, 0.15) is 24.2 Å². The molecule has 5 heterocycles. The van der Waals surface area contributed by atoms with E-state index < -0.39 is 30.5 Å². The molecule has 0 spiro atoms. The van der Waals surface area contributed by atoms with Crippen LogP contribution in [0, 0.1) is 5.92 Å². The van der Waals surface area contributed by atoms with Crippen LogP contribution < -0.4 is 9.47 Å². The van der Waals surface area contributed by atoms with Gasteiger partial charge in [-0.1, -0.05) is 18.2 Å². The number of hydrogen-bond acceptors (Lipinski definition) is 8. The molecule has 0 radical (unpaired) electrons. The zero-order chi connectivity index (χ0) is 32.7. The van der Waals surface area contributed by atoms with Crippen LogP contribution in [-0.4, -0.2) is 93.8 Å². The summed E-state index contributed by atoms with van der Waals surface area (Å²) in [5.74, 6) is 0.0810. The normalized spacial score (nSPS) is 19.1. The highest BCUT2D eigenvalue weighted by atomic mass is 19.4. The van der Waals surface area contributed by atoms with Gasteiger partial charge in [-0.2, -0.15) is 13.2 Å². The molecule has 14 heteroatoms. The van der Waals surface area contributed by atoms with E-state index in [9.17, 15) is 18.0 Å². The summed E-state index contributed by atoms with van der Waals surface area (Å²) >= 11 is 0. The molecule has 47 heavy (non-hydrogen) atoms. The van der Waals surface area contributed by atoms with E-state index in [2.05, 4.69) is 19.9 Å². The number of nitrogens with one attached hydrogen (secondary N) is 1. The molecule has 2 fully saturated rings. The predicted molar refractivity (Wildman–Crippen MR) is 167 cm³/mol. The van der Waals surface area contributed by atoms with E-state index in [0.717, 1.165) is 35.0 Å². The number of nitrogens with zero attached hydrogens (tertiary/aromatic N) is 6. The predicted octanol–water partition coefficient (Wildman–Crippen LogP) is 4.93. The number of hydrogen-bond donors (Lipinski definition) is 1. The zero-order valence-corrected chi connectivity index (χ0v) is 26.0. The number of aromatic amines is 1. The van der Waals surface area contributed by atoms with Crippen molar-refractivity contribution in [3.63, 3.8) is 0 Å². The van der Waals surface area contributed by atoms with Crippen LogP contribution in [0.3, 0.4) is 0 Å². The molecule has 3 aromatic heterocycles. The van der Waals surface area contributed by atoms with Gasteiger partial charge >= 0.3 is 6.18 Å². The van der Waals surface area contributed by atoms with E-state index in [-0.39, 0.29) is 11.0 Å². The second-order valence-electron chi connectivity index (χ2n) is 11.9. The lowest BCUT2D eigenvalue weighted by Crippen LogP contribution is -2.52. The number of methoxy groups -OCH3 is 2. The largest absolute Gasteiger partial charge is 0.497 e. The number of imidazole rings is 2. The van der Waals surface area contributed by atoms with Crippen molar-refractivity contribution in [2.24, 2.45) is 5.92 Å². The standard InChI is InChI=1S/C33H34F3N7O4/c1-45-22-7-8-27-25(14-22)40-32(33(34,35)36)43(27)18-29(44)42-11-10-41(16-20-9-12-47-19-20)17-28(42)30-37-15-26(38-30)23-13-21-5-3-4-6-24(21)39-31(23)46-2/h3-8,13-15,20,28H,9-12,16-19H2,1-2H3,(H,37,38)/t20?,28-/m0/s1. The number of aromatic nitrogens is 5. The van der Waals surface area contributed by atoms with Gasteiger partial charge < -0.3 is 28.7 Å². The summed E-state index contributed by atoms with van der Waals surface area (Å²) in [4.78, 5) is 34.5. The Balaban J connectivity index is 1.22. The number of ether oxygens (including phenoxy) is 3. The topological polar surface area (TPSA) is 111 Å². The van der Waals surface area contributed by atoms with Gasteiger partial charge in [0, 0.05) is 44.2 Å². The van der Waals surface area contributed by atoms with E-state index in [1.54, 1.807) is 24.3 Å². The number of para-hydroxylation sites is 1. The second-order valence-corrected chi connectivity index (χ2v) is 11.9. The fourth-order valence-corrected chi connectivity index (χ4v) is 6.56. The van der Waals surface area contributed by atoms with E-state index in [0.29, 0.717) is 60.9 Å². The second kappa shape index (κ2) is 12.5. The van der Waals surface area contributed by atoms with Crippen LogP contribution in [0.4, 0.5) is 13.2 Å². The van der Waals surface area contributed by atoms with Crippen LogP contribution in [0.25, 0.3) is 33.2 Å². The first-order valence-electron chi connectivity index (χ1n) is 15.4. The number of piperazine rings is 1. The van der Waals surface area contributed by atoms with Crippen LogP contribution in [0.5, 0.6) is 11.6 Å². The number of halogens is 3. The smallest absolute Gasteiger partial charge is 0.449 e. The first kappa shape index (κ1) is 30.9. The lowest BCUT2D eigenvalue weighted by atomic mass is 10.1. The summed E-state index contributed by atoms with van der Waals surface area (Å²) < 4.78 is 59.9. The number of carbonyl (C=O) groups is 1. The maximum Gasteiger partial charge on any atom is 0.449 e. The molecule has 2 aliphatic rings. The Morgan fingerprint density at radius 2 is 1.91 bits per heavy atom. The Morgan fingerprint density at radius 1 is 1.06 bits per heavy atom. The van der Waals surface area contributed by atoms with Crippen LogP contribution in [0.2, 0.25) is 0 Å². The SMILES string of the molecule is COc1ccc2c(c1)nc(C(F)(F)F)n2CC(=O)N1CCN(CC2CCOC2)C[C@H]1c1ncc(-c2cc3ccccc3nc2OC)[nH]1. The Labute approximate surface area is 268 Å². The number of rotatable bonds is 8. The average molecular weight is 650 g/mol. The van der Waals surface area contributed by atoms with E-state index >= 15 is 0 Å². The molecule has 1 amide bonds. The maximum atomic E-state index is 14.2. The van der Waals surface area contributed by atoms with Crippen LogP contribution in [-0.2, 0) is 22.3 Å². The summed E-state index contributed by atoms with van der Waals surface area (Å²) in [6, 6.07) is 13.6. The van der Waals surface area contributed by atoms with E-state index in [1.807, 2.05) is 30.3 Å². The van der Waals surface area contributed by atoms with Crippen molar-refractivity contribution in [1.82, 2.24) is 34.3 Å². The van der Waals surface area contributed by atoms with Crippen molar-refractivity contribution in [3.05, 3.63) is 66.4 Å². The highest BCUT2D eigenvalue weighted by molar-refractivity contribution is 5.85. The van der Waals surface area contributed by atoms with E-state index in [4.69, 9.17) is 19.2 Å². The number of amides is 1. The highest BCUT2D eigenvalue weighted by Crippen LogP contribution is 2.35. The molecule has 7 rings (SSSR count). The number of H-pyrrole nitrogens is 1. The van der Waals surface area contributed by atoms with Crippen molar-refractivity contribution in [2.45, 2.75) is 25.2 Å². The number of fused-ring (bicyclic) bond motifs is 2. The molecule has 2 aliphatic heterocycles. The fraction of sp³-hybridized carbons (Fsp3) is 0.394. The molecule has 2 atom stereocenters. The van der Waals surface area contributed by atoms with Gasteiger partial charge in [0.05, 0.1) is 54.8 Å². The highest BCUT2D eigenvalue weighted by Gasteiger charge is 2.40. The molecule has 0 aliphatic carbocycles. The Bertz CT molecular complexity index is 1920. The molecule has 11 nitrogen and oxygen atoms in total. The molecule has 1 N–H and O–H groups in total. The van der Waals surface area contributed by atoms with Crippen LogP contribution >= 0.6 is 0 Å². The molecule has 5 aromatic rings. The molecule has 2 aromatic carbocycles. The first-order chi connectivity index (χ1) is 22.7. The molecule has 1 unspecified atom stereocenters. The third-order valence-corrected chi connectivity index (χ3v) is 8.91. The number of pyridine rings is 1. The summed E-state index contributed by atoms with van der Waals surface area (Å²) in [6.07, 6.45) is -2.13. The minimum atomic E-state index is -4.77. The van der Waals surface area contributed by atoms with Crippen molar-refractivity contribution < 1.29 is 32.2 Å². The van der Waals surface area contributed by atoms with Gasteiger partial charge in [-0.05, 0) is 36.6 Å². The van der Waals surface area contributed by atoms with Crippen LogP contribution in [0.15, 0.2) is 54.7 Å². The fourth-order valence-electron chi connectivity index (χ4n) is 6.56. The third kappa shape index (κ3) is 6.10. The van der Waals surface area contributed by atoms with E-state index in [1.165, 1.54) is 19.2 Å². The van der Waals surface area contributed by atoms with Gasteiger partial charge in [0.25, 0.3) is 0 Å². The van der Waals surface area contributed by atoms with Crippen molar-refractivity contribution in [2.75, 3.05) is 53.6 Å². The summed E-state index contributed by atoms with van der Waals surface area (Å²) in [5.41, 5.74) is 2.43. The van der Waals surface area contributed by atoms with Gasteiger partial charge in [0.15, 0.2) is 0 Å². The number of alkyl halides is 3. The molecule has 246 valence electrons. The van der Waals surface area contributed by atoms with Gasteiger partial charge in [-0.25, -0.2) is 15.0 Å². The van der Waals surface area contributed by atoms with Gasteiger partial charge in [-0.3, -0.25) is 9.69 Å². The summed E-state index contributed by atoms with van der Waals surface area (Å²) in [6.45, 7) is 3.00. The molecule has 2 saturated heterocycles. The molecular weight excluding hydrogens is 615 g/mol. The van der Waals surface area contributed by atoms with Crippen LogP contribution in [0.1, 0.15) is 24.1 Å². The van der Waals surface area contributed by atoms with Gasteiger partial charge in [0.2, 0.25) is 17.6 Å². The lowest BCUT2D eigenvalue weighted by Gasteiger charge is -2.41. The average Bonchev–Trinajstić information content (AvgIpc) is 3.84. The number of carbonyl (C=O) groups excluding carboxylic acids is 1.